The van der Waals surface area contributed by atoms with Crippen LogP contribution in [0.15, 0.2) is 29.3 Å². The van der Waals surface area contributed by atoms with Gasteiger partial charge in [-0.25, -0.2) is 8.42 Å². The zero-order chi connectivity index (χ0) is 18.9. The molecule has 6 nitrogen and oxygen atoms in total. The molecule has 0 N–H and O–H groups in total. The summed E-state index contributed by atoms with van der Waals surface area (Å²) in [7, 11) is -1.39. The van der Waals surface area contributed by atoms with Crippen LogP contribution in [0.2, 0.25) is 0 Å². The highest BCUT2D eigenvalue weighted by atomic mass is 32.2. The first-order chi connectivity index (χ1) is 12.3. The van der Waals surface area contributed by atoms with Gasteiger partial charge in [-0.15, -0.1) is 0 Å². The van der Waals surface area contributed by atoms with E-state index in [0.717, 1.165) is 17.7 Å². The molecule has 0 bridgehead atoms. The van der Waals surface area contributed by atoms with Crippen molar-refractivity contribution in [3.8, 4) is 5.75 Å². The molecular weight excluding hydrogens is 372 g/mol. The summed E-state index contributed by atoms with van der Waals surface area (Å²) in [5.74, 6) is 0.774. The van der Waals surface area contributed by atoms with Gasteiger partial charge in [0.1, 0.15) is 5.75 Å². The van der Waals surface area contributed by atoms with E-state index in [2.05, 4.69) is 4.99 Å². The van der Waals surface area contributed by atoms with Gasteiger partial charge in [0.2, 0.25) is 0 Å². The summed E-state index contributed by atoms with van der Waals surface area (Å²) in [5.41, 5.74) is 1.13. The topological polar surface area (TPSA) is 76.0 Å². The summed E-state index contributed by atoms with van der Waals surface area (Å²) in [6.07, 6.45) is 0.753. The lowest BCUT2D eigenvalue weighted by Gasteiger charge is -2.24. The third-order valence-corrected chi connectivity index (χ3v) is 7.92. The molecule has 2 atom stereocenters. The third-order valence-electron chi connectivity index (χ3n) is 4.68. The average molecular weight is 397 g/mol. The quantitative estimate of drug-likeness (QED) is 0.758. The number of hydrogen-bond donors (Lipinski definition) is 0. The van der Waals surface area contributed by atoms with Crippen LogP contribution in [0.4, 0.5) is 0 Å². The largest absolute Gasteiger partial charge is 0.497 e. The Balaban J connectivity index is 1.77. The molecule has 2 fully saturated rings. The number of aliphatic imine (C=N–C) groups is 1. The van der Waals surface area contributed by atoms with Gasteiger partial charge in [0.15, 0.2) is 15.0 Å². The molecule has 1 aromatic rings. The number of rotatable bonds is 5. The molecule has 0 saturated carbocycles. The fourth-order valence-electron chi connectivity index (χ4n) is 3.16. The maximum absolute atomic E-state index is 12.1. The van der Waals surface area contributed by atoms with Gasteiger partial charge in [-0.05, 0) is 24.1 Å². The Labute approximate surface area is 158 Å². The second-order valence-corrected chi connectivity index (χ2v) is 10.3. The molecule has 0 aliphatic carbocycles. The fourth-order valence-corrected chi connectivity index (χ4v) is 7.15. The highest BCUT2D eigenvalue weighted by Gasteiger charge is 2.48. The van der Waals surface area contributed by atoms with Crippen LogP contribution in [-0.4, -0.2) is 60.8 Å². The van der Waals surface area contributed by atoms with Crippen molar-refractivity contribution < 1.29 is 17.9 Å². The number of fused-ring (bicyclic) bond motifs is 1. The lowest BCUT2D eigenvalue weighted by atomic mass is 10.1. The first-order valence-corrected chi connectivity index (χ1v) is 11.4. The second kappa shape index (κ2) is 7.60. The van der Waals surface area contributed by atoms with Crippen molar-refractivity contribution >= 4 is 32.7 Å². The molecule has 3 rings (SSSR count). The van der Waals surface area contributed by atoms with E-state index in [-0.39, 0.29) is 34.6 Å². The Morgan fingerprint density at radius 3 is 2.62 bits per heavy atom. The molecule has 142 valence electrons. The van der Waals surface area contributed by atoms with Gasteiger partial charge < -0.3 is 9.64 Å². The van der Waals surface area contributed by atoms with Crippen LogP contribution in [0.5, 0.6) is 5.75 Å². The van der Waals surface area contributed by atoms with E-state index in [1.807, 2.05) is 43.0 Å². The van der Waals surface area contributed by atoms with Crippen molar-refractivity contribution in [1.29, 1.82) is 0 Å². The minimum Gasteiger partial charge on any atom is -0.497 e. The Hall–Kier alpha value is -1.54. The SMILES string of the molecule is COc1ccc(CCN2C(=NC(=O)C(C)C)S[C@H]3CS(=O)(=O)C[C@@H]32)cc1. The average Bonchev–Trinajstić information content (AvgIpc) is 3.04. The molecule has 2 aliphatic heterocycles. The van der Waals surface area contributed by atoms with Gasteiger partial charge in [-0.1, -0.05) is 37.7 Å². The van der Waals surface area contributed by atoms with Crippen LogP contribution in [0.3, 0.4) is 0 Å². The molecular formula is C18H24N2O4S2. The number of amidine groups is 1. The molecule has 2 saturated heterocycles. The number of hydrogen-bond acceptors (Lipinski definition) is 5. The molecule has 0 radical (unpaired) electrons. The summed E-state index contributed by atoms with van der Waals surface area (Å²) >= 11 is 1.43. The minimum atomic E-state index is -3.02. The van der Waals surface area contributed by atoms with Gasteiger partial charge in [0, 0.05) is 17.7 Å². The summed E-state index contributed by atoms with van der Waals surface area (Å²) < 4.78 is 29.2. The zero-order valence-corrected chi connectivity index (χ0v) is 16.8. The van der Waals surface area contributed by atoms with Crippen molar-refractivity contribution in [1.82, 2.24) is 4.90 Å². The molecule has 1 aromatic carbocycles. The van der Waals surface area contributed by atoms with Crippen molar-refractivity contribution in [2.45, 2.75) is 31.6 Å². The van der Waals surface area contributed by atoms with Crippen molar-refractivity contribution in [2.24, 2.45) is 10.9 Å². The molecule has 2 aliphatic rings. The number of sulfone groups is 1. The number of carbonyl (C=O) groups excluding carboxylic acids is 1. The summed E-state index contributed by atoms with van der Waals surface area (Å²) in [6.45, 7) is 4.28. The van der Waals surface area contributed by atoms with Crippen LogP contribution in [0.25, 0.3) is 0 Å². The van der Waals surface area contributed by atoms with Crippen LogP contribution < -0.4 is 4.74 Å². The summed E-state index contributed by atoms with van der Waals surface area (Å²) in [6, 6.07) is 7.73. The Bertz CT molecular complexity index is 803. The predicted molar refractivity (Wildman–Crippen MR) is 105 cm³/mol. The number of benzene rings is 1. The highest BCUT2D eigenvalue weighted by molar-refractivity contribution is 8.15. The number of carbonyl (C=O) groups is 1. The molecule has 26 heavy (non-hydrogen) atoms. The van der Waals surface area contributed by atoms with Gasteiger partial charge in [-0.3, -0.25) is 4.79 Å². The van der Waals surface area contributed by atoms with E-state index in [9.17, 15) is 13.2 Å². The molecule has 8 heteroatoms. The van der Waals surface area contributed by atoms with E-state index in [0.29, 0.717) is 11.7 Å². The van der Waals surface area contributed by atoms with E-state index < -0.39 is 9.84 Å². The van der Waals surface area contributed by atoms with E-state index in [1.165, 1.54) is 11.8 Å². The number of ether oxygens (including phenoxy) is 1. The normalized spacial score (nSPS) is 25.7. The van der Waals surface area contributed by atoms with Gasteiger partial charge in [0.05, 0.1) is 24.7 Å². The molecule has 0 aromatic heterocycles. The van der Waals surface area contributed by atoms with Crippen LogP contribution in [0, 0.1) is 5.92 Å². The van der Waals surface area contributed by atoms with Crippen LogP contribution in [0.1, 0.15) is 19.4 Å². The lowest BCUT2D eigenvalue weighted by molar-refractivity contribution is -0.120. The fraction of sp³-hybridized carbons (Fsp3) is 0.556. The summed E-state index contributed by atoms with van der Waals surface area (Å²) in [5, 5.41) is 0.636. The number of methoxy groups -OCH3 is 1. The number of nitrogens with zero attached hydrogens (tertiary/aromatic N) is 2. The monoisotopic (exact) mass is 396 g/mol. The van der Waals surface area contributed by atoms with Crippen molar-refractivity contribution in [2.75, 3.05) is 25.2 Å². The molecule has 0 unspecified atom stereocenters. The maximum atomic E-state index is 12.1. The minimum absolute atomic E-state index is 0.0328. The van der Waals surface area contributed by atoms with E-state index >= 15 is 0 Å². The first kappa shape index (κ1) is 19.2. The van der Waals surface area contributed by atoms with Crippen LogP contribution >= 0.6 is 11.8 Å². The molecule has 2 heterocycles. The Kier molecular flexibility index (Phi) is 5.62. The molecule has 0 spiro atoms. The Morgan fingerprint density at radius 2 is 2.00 bits per heavy atom. The summed E-state index contributed by atoms with van der Waals surface area (Å²) in [4.78, 5) is 18.4. The Morgan fingerprint density at radius 1 is 1.31 bits per heavy atom. The molecule has 1 amide bonds. The van der Waals surface area contributed by atoms with Gasteiger partial charge >= 0.3 is 0 Å². The van der Waals surface area contributed by atoms with Crippen LogP contribution in [-0.2, 0) is 21.1 Å². The predicted octanol–water partition coefficient (Wildman–Crippen LogP) is 1.99. The van der Waals surface area contributed by atoms with Gasteiger partial charge in [-0.2, -0.15) is 4.99 Å². The standard InChI is InChI=1S/C18H24N2O4S2/c1-12(2)17(21)19-18-20(15-10-26(22,23)11-16(15)25-18)9-8-13-4-6-14(24-3)7-5-13/h4-7,12,15-16H,8-11H2,1-3H3/t15-,16-/m0/s1. The lowest BCUT2D eigenvalue weighted by Crippen LogP contribution is -2.39. The smallest absolute Gasteiger partial charge is 0.250 e. The van der Waals surface area contributed by atoms with E-state index in [1.54, 1.807) is 7.11 Å². The highest BCUT2D eigenvalue weighted by Crippen LogP contribution is 2.38. The van der Waals surface area contributed by atoms with Crippen molar-refractivity contribution in [3.63, 3.8) is 0 Å². The number of thioether (sulfide) groups is 1. The van der Waals surface area contributed by atoms with E-state index in [4.69, 9.17) is 4.74 Å². The first-order valence-electron chi connectivity index (χ1n) is 8.68. The number of amides is 1. The maximum Gasteiger partial charge on any atom is 0.250 e. The third kappa shape index (κ3) is 4.23. The second-order valence-electron chi connectivity index (χ2n) is 6.98. The van der Waals surface area contributed by atoms with Gasteiger partial charge in [0.25, 0.3) is 5.91 Å². The van der Waals surface area contributed by atoms with Crippen molar-refractivity contribution in [3.05, 3.63) is 29.8 Å². The zero-order valence-electron chi connectivity index (χ0n) is 15.2.